The highest BCUT2D eigenvalue weighted by Crippen LogP contribution is 2.22. The van der Waals surface area contributed by atoms with Gasteiger partial charge in [-0.25, -0.2) is 12.7 Å². The molecule has 2 rings (SSSR count). The van der Waals surface area contributed by atoms with Crippen molar-refractivity contribution < 1.29 is 8.42 Å². The van der Waals surface area contributed by atoms with Crippen LogP contribution >= 0.6 is 11.6 Å². The number of hydrogen-bond acceptors (Lipinski definition) is 3. The Hall–Kier alpha value is 0.160. The highest BCUT2D eigenvalue weighted by molar-refractivity contribution is 7.89. The van der Waals surface area contributed by atoms with Crippen LogP contribution in [0.5, 0.6) is 0 Å². The molecule has 2 saturated heterocycles. The lowest BCUT2D eigenvalue weighted by Gasteiger charge is -2.36. The predicted octanol–water partition coefficient (Wildman–Crippen LogP) is 1.90. The molecule has 19 heavy (non-hydrogen) atoms. The van der Waals surface area contributed by atoms with Crippen LogP contribution in [0.15, 0.2) is 0 Å². The molecule has 0 saturated carbocycles. The zero-order valence-electron chi connectivity index (χ0n) is 11.6. The molecule has 0 bridgehead atoms. The molecule has 0 radical (unpaired) electrons. The van der Waals surface area contributed by atoms with Crippen LogP contribution in [0.1, 0.15) is 38.5 Å². The van der Waals surface area contributed by atoms with Crippen LogP contribution in [0.2, 0.25) is 0 Å². The molecule has 2 heterocycles. The minimum absolute atomic E-state index is 0.258. The molecule has 4 nitrogen and oxygen atoms in total. The molecule has 0 aromatic carbocycles. The van der Waals surface area contributed by atoms with E-state index in [1.54, 1.807) is 4.31 Å². The van der Waals surface area contributed by atoms with E-state index in [4.69, 9.17) is 11.6 Å². The molecule has 2 aliphatic heterocycles. The van der Waals surface area contributed by atoms with Crippen LogP contribution < -0.4 is 0 Å². The molecule has 0 spiro atoms. The van der Waals surface area contributed by atoms with Gasteiger partial charge in [-0.2, -0.15) is 0 Å². The van der Waals surface area contributed by atoms with Crippen molar-refractivity contribution in [3.63, 3.8) is 0 Å². The van der Waals surface area contributed by atoms with Gasteiger partial charge in [-0.05, 0) is 51.6 Å². The number of halogens is 1. The molecule has 2 fully saturated rings. The normalized spacial score (nSPS) is 24.1. The summed E-state index contributed by atoms with van der Waals surface area (Å²) in [5.74, 6) is 0.806. The van der Waals surface area contributed by atoms with E-state index < -0.39 is 10.0 Å². The van der Waals surface area contributed by atoms with Gasteiger partial charge >= 0.3 is 0 Å². The molecule has 6 heteroatoms. The van der Waals surface area contributed by atoms with Crippen LogP contribution in [-0.2, 0) is 10.0 Å². The molecule has 0 N–H and O–H groups in total. The van der Waals surface area contributed by atoms with Crippen molar-refractivity contribution in [1.82, 2.24) is 9.21 Å². The van der Waals surface area contributed by atoms with Crippen LogP contribution in [0.3, 0.4) is 0 Å². The lowest BCUT2D eigenvalue weighted by Crippen LogP contribution is -2.46. The van der Waals surface area contributed by atoms with E-state index in [-0.39, 0.29) is 5.75 Å². The molecular formula is C13H25ClN2O2S. The summed E-state index contributed by atoms with van der Waals surface area (Å²) >= 11 is 5.59. The van der Waals surface area contributed by atoms with Gasteiger partial charge in [-0.15, -0.1) is 11.6 Å². The maximum atomic E-state index is 12.2. The number of alkyl halides is 1. The van der Waals surface area contributed by atoms with Crippen molar-refractivity contribution in [1.29, 1.82) is 0 Å². The molecule has 0 atom stereocenters. The Morgan fingerprint density at radius 3 is 2.21 bits per heavy atom. The van der Waals surface area contributed by atoms with E-state index in [1.807, 2.05) is 0 Å². The molecule has 0 aromatic heterocycles. The van der Waals surface area contributed by atoms with Gasteiger partial charge in [-0.1, -0.05) is 0 Å². The lowest BCUT2D eigenvalue weighted by atomic mass is 10.1. The van der Waals surface area contributed by atoms with Crippen molar-refractivity contribution in [2.75, 3.05) is 37.8 Å². The molecular weight excluding hydrogens is 284 g/mol. The zero-order chi connectivity index (χ0) is 13.7. The van der Waals surface area contributed by atoms with Crippen LogP contribution in [0.4, 0.5) is 0 Å². The van der Waals surface area contributed by atoms with E-state index in [9.17, 15) is 8.42 Å². The van der Waals surface area contributed by atoms with Crippen molar-refractivity contribution in [2.24, 2.45) is 0 Å². The summed E-state index contributed by atoms with van der Waals surface area (Å²) in [4.78, 5) is 2.54. The van der Waals surface area contributed by atoms with E-state index in [1.165, 1.54) is 25.9 Å². The smallest absolute Gasteiger partial charge is 0.214 e. The minimum Gasteiger partial charge on any atom is -0.300 e. The van der Waals surface area contributed by atoms with Gasteiger partial charge in [0.25, 0.3) is 0 Å². The van der Waals surface area contributed by atoms with Gasteiger partial charge in [-0.3, -0.25) is 0 Å². The minimum atomic E-state index is -3.05. The van der Waals surface area contributed by atoms with Crippen molar-refractivity contribution in [2.45, 2.75) is 44.6 Å². The lowest BCUT2D eigenvalue weighted by molar-refractivity contribution is 0.168. The fraction of sp³-hybridized carbons (Fsp3) is 1.00. The third-order valence-electron chi connectivity index (χ3n) is 4.26. The zero-order valence-corrected chi connectivity index (χ0v) is 13.1. The first-order valence-electron chi connectivity index (χ1n) is 7.41. The Bertz CT molecular complexity index is 361. The third-order valence-corrected chi connectivity index (χ3v) is 6.48. The maximum absolute atomic E-state index is 12.2. The summed E-state index contributed by atoms with van der Waals surface area (Å²) in [6.07, 6.45) is 6.06. The highest BCUT2D eigenvalue weighted by atomic mass is 35.5. The van der Waals surface area contributed by atoms with Gasteiger partial charge < -0.3 is 4.90 Å². The topological polar surface area (TPSA) is 40.6 Å². The summed E-state index contributed by atoms with van der Waals surface area (Å²) in [6.45, 7) is 3.80. The van der Waals surface area contributed by atoms with Crippen LogP contribution in [0.25, 0.3) is 0 Å². The number of hydrogen-bond donors (Lipinski definition) is 0. The van der Waals surface area contributed by atoms with Crippen molar-refractivity contribution in [3.05, 3.63) is 0 Å². The largest absolute Gasteiger partial charge is 0.300 e. The molecule has 0 unspecified atom stereocenters. The fourth-order valence-corrected chi connectivity index (χ4v) is 4.88. The molecule has 2 aliphatic rings. The Kier molecular flexibility index (Phi) is 5.93. The van der Waals surface area contributed by atoms with Crippen LogP contribution in [-0.4, -0.2) is 61.5 Å². The molecule has 112 valence electrons. The maximum Gasteiger partial charge on any atom is 0.214 e. The average molecular weight is 309 g/mol. The average Bonchev–Trinajstić information content (AvgIpc) is 2.93. The number of sulfonamides is 1. The second-order valence-corrected chi connectivity index (χ2v) is 8.05. The first-order valence-corrected chi connectivity index (χ1v) is 9.56. The predicted molar refractivity (Wildman–Crippen MR) is 79.1 cm³/mol. The van der Waals surface area contributed by atoms with Crippen molar-refractivity contribution in [3.8, 4) is 0 Å². The Labute approximate surface area is 122 Å². The number of piperidine rings is 1. The fourth-order valence-electron chi connectivity index (χ4n) is 3.10. The first-order chi connectivity index (χ1) is 9.13. The summed E-state index contributed by atoms with van der Waals surface area (Å²) in [7, 11) is -3.05. The summed E-state index contributed by atoms with van der Waals surface area (Å²) in [5, 5.41) is 0. The number of likely N-dealkylation sites (tertiary alicyclic amines) is 1. The Morgan fingerprint density at radius 1 is 1.00 bits per heavy atom. The highest BCUT2D eigenvalue weighted by Gasteiger charge is 2.31. The van der Waals surface area contributed by atoms with Crippen LogP contribution in [0, 0.1) is 0 Å². The molecule has 0 amide bonds. The monoisotopic (exact) mass is 308 g/mol. The van der Waals surface area contributed by atoms with Gasteiger partial charge in [0.2, 0.25) is 10.0 Å². The SMILES string of the molecule is O=S(=O)(CCCCCl)N1CCC(N2CCCC2)CC1. The van der Waals surface area contributed by atoms with Gasteiger partial charge in [0.15, 0.2) is 0 Å². The van der Waals surface area contributed by atoms with Gasteiger partial charge in [0.1, 0.15) is 0 Å². The Balaban J connectivity index is 1.78. The van der Waals surface area contributed by atoms with Gasteiger partial charge in [0.05, 0.1) is 5.75 Å². The third kappa shape index (κ3) is 4.31. The van der Waals surface area contributed by atoms with Crippen molar-refractivity contribution >= 4 is 21.6 Å². The molecule has 0 aromatic rings. The number of rotatable bonds is 6. The first kappa shape index (κ1) is 15.5. The summed E-state index contributed by atoms with van der Waals surface area (Å²) < 4.78 is 26.0. The quantitative estimate of drug-likeness (QED) is 0.556. The van der Waals surface area contributed by atoms with E-state index >= 15 is 0 Å². The van der Waals surface area contributed by atoms with E-state index in [0.717, 1.165) is 19.3 Å². The molecule has 0 aliphatic carbocycles. The summed E-state index contributed by atoms with van der Waals surface area (Å²) in [5.41, 5.74) is 0. The standard InChI is InChI=1S/C13H25ClN2O2S/c14-7-1-4-12-19(17,18)16-10-5-13(6-11-16)15-8-2-3-9-15/h13H,1-12H2. The summed E-state index contributed by atoms with van der Waals surface area (Å²) in [6, 6.07) is 0.608. The Morgan fingerprint density at radius 2 is 1.63 bits per heavy atom. The van der Waals surface area contributed by atoms with E-state index in [0.29, 0.717) is 31.4 Å². The second-order valence-electron chi connectivity index (χ2n) is 5.59. The van der Waals surface area contributed by atoms with Gasteiger partial charge in [0, 0.05) is 25.0 Å². The number of nitrogens with zero attached hydrogens (tertiary/aromatic N) is 2. The number of unbranched alkanes of at least 4 members (excludes halogenated alkanes) is 1. The van der Waals surface area contributed by atoms with E-state index in [2.05, 4.69) is 4.90 Å². The second kappa shape index (κ2) is 7.25.